The molecule has 2 heterocycles. The number of anilines is 1. The van der Waals surface area contributed by atoms with E-state index in [0.29, 0.717) is 6.54 Å². The molecule has 2 aliphatic rings. The van der Waals surface area contributed by atoms with Gasteiger partial charge in [0, 0.05) is 31.9 Å². The lowest BCUT2D eigenvalue weighted by Gasteiger charge is -2.30. The summed E-state index contributed by atoms with van der Waals surface area (Å²) in [6.07, 6.45) is 6.69. The Bertz CT molecular complexity index is 613. The lowest BCUT2D eigenvalue weighted by Crippen LogP contribution is -2.39. The van der Waals surface area contributed by atoms with Crippen LogP contribution in [0.5, 0.6) is 0 Å². The highest BCUT2D eigenvalue weighted by Gasteiger charge is 2.14. The number of likely N-dealkylation sites (tertiary alicyclic amines) is 1. The molecule has 30 heavy (non-hydrogen) atoms. The Morgan fingerprint density at radius 3 is 2.47 bits per heavy atom. The van der Waals surface area contributed by atoms with E-state index >= 15 is 0 Å². The molecule has 0 aromatic heterocycles. The van der Waals surface area contributed by atoms with Gasteiger partial charge in [-0.05, 0) is 57.5 Å². The Kier molecular flexibility index (Phi) is 12.5. The lowest BCUT2D eigenvalue weighted by molar-refractivity contribution is 0.122. The third-order valence-electron chi connectivity index (χ3n) is 5.74. The standard InChI is InChI=1S/C23H39N5O.HI/c1-2-24-23(25-12-9-15-27-13-7-3-4-8-14-27)26-20-21-10-5-6-11-22(21)28-16-18-29-19-17-28;/h5-6,10-11H,2-4,7-9,12-20H2,1H3,(H2,24,25,26);1H. The molecule has 0 atom stereocenters. The van der Waals surface area contributed by atoms with Crippen LogP contribution < -0.4 is 15.5 Å². The summed E-state index contributed by atoms with van der Waals surface area (Å²) >= 11 is 0. The Hall–Kier alpha value is -1.06. The van der Waals surface area contributed by atoms with Gasteiger partial charge in [0.2, 0.25) is 0 Å². The molecule has 7 heteroatoms. The number of hydrogen-bond acceptors (Lipinski definition) is 4. The van der Waals surface area contributed by atoms with E-state index < -0.39 is 0 Å². The van der Waals surface area contributed by atoms with Gasteiger partial charge in [0.15, 0.2) is 5.96 Å². The minimum atomic E-state index is 0. The zero-order valence-electron chi connectivity index (χ0n) is 18.6. The molecule has 1 aromatic rings. The summed E-state index contributed by atoms with van der Waals surface area (Å²) in [6.45, 7) is 11.9. The molecule has 2 fully saturated rings. The van der Waals surface area contributed by atoms with E-state index in [2.05, 4.69) is 51.6 Å². The molecule has 0 bridgehead atoms. The second-order valence-electron chi connectivity index (χ2n) is 7.96. The quantitative estimate of drug-likeness (QED) is 0.234. The maximum atomic E-state index is 5.50. The number of nitrogens with zero attached hydrogens (tertiary/aromatic N) is 3. The lowest BCUT2D eigenvalue weighted by atomic mass is 10.1. The van der Waals surface area contributed by atoms with Gasteiger partial charge in [0.05, 0.1) is 19.8 Å². The predicted octanol–water partition coefficient (Wildman–Crippen LogP) is 3.46. The van der Waals surface area contributed by atoms with Crippen LogP contribution in [0.4, 0.5) is 5.69 Å². The molecule has 0 unspecified atom stereocenters. The van der Waals surface area contributed by atoms with E-state index in [9.17, 15) is 0 Å². The molecule has 2 aliphatic heterocycles. The van der Waals surface area contributed by atoms with Crippen molar-refractivity contribution in [3.63, 3.8) is 0 Å². The molecule has 0 radical (unpaired) electrons. The minimum absolute atomic E-state index is 0. The fraction of sp³-hybridized carbons (Fsp3) is 0.696. The Labute approximate surface area is 199 Å². The van der Waals surface area contributed by atoms with Gasteiger partial charge in [0.1, 0.15) is 0 Å². The van der Waals surface area contributed by atoms with Crippen molar-refractivity contribution in [3.05, 3.63) is 29.8 Å². The van der Waals surface area contributed by atoms with Crippen molar-refractivity contribution in [3.8, 4) is 0 Å². The highest BCUT2D eigenvalue weighted by molar-refractivity contribution is 14.0. The Morgan fingerprint density at radius 2 is 1.73 bits per heavy atom. The first-order chi connectivity index (χ1) is 14.4. The maximum Gasteiger partial charge on any atom is 0.191 e. The monoisotopic (exact) mass is 529 g/mol. The largest absolute Gasteiger partial charge is 0.378 e. The Balaban J connectivity index is 0.00000320. The van der Waals surface area contributed by atoms with E-state index in [1.165, 1.54) is 56.6 Å². The van der Waals surface area contributed by atoms with E-state index in [-0.39, 0.29) is 24.0 Å². The summed E-state index contributed by atoms with van der Waals surface area (Å²) in [6, 6.07) is 8.62. The molecule has 6 nitrogen and oxygen atoms in total. The zero-order chi connectivity index (χ0) is 20.2. The summed E-state index contributed by atoms with van der Waals surface area (Å²) in [5.41, 5.74) is 2.56. The van der Waals surface area contributed by atoms with Crippen molar-refractivity contribution in [1.82, 2.24) is 15.5 Å². The number of morpholine rings is 1. The normalized spacial score (nSPS) is 18.4. The third kappa shape index (κ3) is 8.59. The van der Waals surface area contributed by atoms with Crippen molar-refractivity contribution >= 4 is 35.6 Å². The smallest absolute Gasteiger partial charge is 0.191 e. The zero-order valence-corrected chi connectivity index (χ0v) is 20.9. The number of benzene rings is 1. The van der Waals surface area contributed by atoms with Crippen molar-refractivity contribution in [1.29, 1.82) is 0 Å². The van der Waals surface area contributed by atoms with Gasteiger partial charge in [-0.25, -0.2) is 4.99 Å². The maximum absolute atomic E-state index is 5.50. The van der Waals surface area contributed by atoms with Gasteiger partial charge in [-0.1, -0.05) is 31.0 Å². The van der Waals surface area contributed by atoms with Gasteiger partial charge in [0.25, 0.3) is 0 Å². The second kappa shape index (κ2) is 14.9. The van der Waals surface area contributed by atoms with Gasteiger partial charge >= 0.3 is 0 Å². The average molecular weight is 530 g/mol. The van der Waals surface area contributed by atoms with Crippen LogP contribution in [0.15, 0.2) is 29.3 Å². The number of guanidine groups is 1. The highest BCUT2D eigenvalue weighted by atomic mass is 127. The fourth-order valence-electron chi connectivity index (χ4n) is 4.13. The van der Waals surface area contributed by atoms with Gasteiger partial charge in [-0.3, -0.25) is 0 Å². The number of halogens is 1. The number of ether oxygens (including phenoxy) is 1. The molecule has 3 rings (SSSR count). The van der Waals surface area contributed by atoms with Crippen LogP contribution in [0, 0.1) is 0 Å². The number of para-hydroxylation sites is 1. The molecule has 170 valence electrons. The van der Waals surface area contributed by atoms with Crippen LogP contribution in [0.2, 0.25) is 0 Å². The van der Waals surface area contributed by atoms with E-state index in [1.54, 1.807) is 0 Å². The van der Waals surface area contributed by atoms with Gasteiger partial charge in [-0.2, -0.15) is 0 Å². The molecule has 0 amide bonds. The third-order valence-corrected chi connectivity index (χ3v) is 5.74. The van der Waals surface area contributed by atoms with E-state index in [4.69, 9.17) is 9.73 Å². The van der Waals surface area contributed by atoms with Crippen LogP contribution in [-0.2, 0) is 11.3 Å². The summed E-state index contributed by atoms with van der Waals surface area (Å²) in [5.74, 6) is 0.917. The van der Waals surface area contributed by atoms with Crippen LogP contribution in [-0.4, -0.2) is 69.9 Å². The summed E-state index contributed by atoms with van der Waals surface area (Å²) in [4.78, 5) is 9.90. The number of aliphatic imine (C=N–C) groups is 1. The predicted molar refractivity (Wildman–Crippen MR) is 137 cm³/mol. The van der Waals surface area contributed by atoms with E-state index in [1.807, 2.05) is 0 Å². The minimum Gasteiger partial charge on any atom is -0.378 e. The van der Waals surface area contributed by atoms with Crippen LogP contribution in [0.25, 0.3) is 0 Å². The molecular formula is C23H40IN5O. The topological polar surface area (TPSA) is 52.1 Å². The number of rotatable bonds is 8. The van der Waals surface area contributed by atoms with E-state index in [0.717, 1.165) is 51.8 Å². The van der Waals surface area contributed by atoms with Crippen LogP contribution in [0.3, 0.4) is 0 Å². The first-order valence-corrected chi connectivity index (χ1v) is 11.5. The fourth-order valence-corrected chi connectivity index (χ4v) is 4.13. The summed E-state index contributed by atoms with van der Waals surface area (Å²) in [5, 5.41) is 6.92. The van der Waals surface area contributed by atoms with Gasteiger partial charge in [-0.15, -0.1) is 24.0 Å². The van der Waals surface area contributed by atoms with Crippen molar-refractivity contribution in [2.24, 2.45) is 4.99 Å². The number of hydrogen-bond donors (Lipinski definition) is 2. The van der Waals surface area contributed by atoms with Crippen molar-refractivity contribution in [2.75, 3.05) is 63.9 Å². The molecule has 0 aliphatic carbocycles. The summed E-state index contributed by atoms with van der Waals surface area (Å²) in [7, 11) is 0. The average Bonchev–Trinajstić information content (AvgIpc) is 3.04. The van der Waals surface area contributed by atoms with Crippen molar-refractivity contribution < 1.29 is 4.74 Å². The molecule has 0 spiro atoms. The molecule has 2 saturated heterocycles. The van der Waals surface area contributed by atoms with Gasteiger partial charge < -0.3 is 25.2 Å². The molecular weight excluding hydrogens is 489 g/mol. The number of nitrogens with one attached hydrogen (secondary N) is 2. The second-order valence-corrected chi connectivity index (χ2v) is 7.96. The Morgan fingerprint density at radius 1 is 1.00 bits per heavy atom. The first-order valence-electron chi connectivity index (χ1n) is 11.5. The summed E-state index contributed by atoms with van der Waals surface area (Å²) < 4.78 is 5.50. The molecule has 2 N–H and O–H groups in total. The highest BCUT2D eigenvalue weighted by Crippen LogP contribution is 2.22. The molecule has 0 saturated carbocycles. The van der Waals surface area contributed by atoms with Crippen molar-refractivity contribution in [2.45, 2.75) is 45.6 Å². The van der Waals surface area contributed by atoms with Crippen LogP contribution in [0.1, 0.15) is 44.6 Å². The first kappa shape index (κ1) is 25.2. The molecule has 1 aromatic carbocycles. The van der Waals surface area contributed by atoms with Crippen LogP contribution >= 0.6 is 24.0 Å². The SMILES string of the molecule is CCNC(=NCc1ccccc1N1CCOCC1)NCCCN1CCCCCC1.I.